The predicted molar refractivity (Wildman–Crippen MR) is 60.8 cm³/mol. The second-order valence-electron chi connectivity index (χ2n) is 3.92. The number of alkyl halides is 1. The Morgan fingerprint density at radius 1 is 1.54 bits per heavy atom. The van der Waals surface area contributed by atoms with Gasteiger partial charge in [0.15, 0.2) is 0 Å². The average molecular weight is 260 g/mol. The molecule has 1 aliphatic carbocycles. The van der Waals surface area contributed by atoms with Gasteiger partial charge in [-0.2, -0.15) is 0 Å². The Balaban J connectivity index is 2.31. The molecule has 0 radical (unpaired) electrons. The third-order valence-electron chi connectivity index (χ3n) is 2.32. The van der Waals surface area contributed by atoms with Crippen LogP contribution in [0.1, 0.15) is 54.1 Å². The average Bonchev–Trinajstić information content (AvgIpc) is 2.84. The first kappa shape index (κ1) is 9.66. The molecule has 0 unspecified atom stereocenters. The third-order valence-corrected chi connectivity index (χ3v) is 4.63. The van der Waals surface area contributed by atoms with Crippen LogP contribution in [0.5, 0.6) is 0 Å². The molecule has 1 aromatic heterocycles. The Morgan fingerprint density at radius 3 is 2.69 bits per heavy atom. The van der Waals surface area contributed by atoms with Crippen LogP contribution in [-0.2, 0) is 5.33 Å². The molecule has 13 heavy (non-hydrogen) atoms. The number of rotatable bonds is 3. The number of hydrogen-bond acceptors (Lipinski definition) is 2. The molecule has 1 saturated carbocycles. The van der Waals surface area contributed by atoms with Crippen molar-refractivity contribution in [3.8, 4) is 0 Å². The second-order valence-corrected chi connectivity index (χ2v) is 5.60. The number of aromatic nitrogens is 1. The van der Waals surface area contributed by atoms with Gasteiger partial charge in [0, 0.05) is 22.0 Å². The molecule has 1 heterocycles. The van der Waals surface area contributed by atoms with E-state index in [1.165, 1.54) is 28.4 Å². The standard InChI is InChI=1S/C10H14BrNS/c1-6(2)10-12-9(7-3-4-7)8(5-11)13-10/h6-7H,3-5H2,1-2H3. The molecule has 1 aliphatic rings. The van der Waals surface area contributed by atoms with Crippen LogP contribution in [0.2, 0.25) is 0 Å². The molecular weight excluding hydrogens is 246 g/mol. The van der Waals surface area contributed by atoms with Crippen molar-refractivity contribution < 1.29 is 0 Å². The Morgan fingerprint density at radius 2 is 2.23 bits per heavy atom. The molecule has 1 nitrogen and oxygen atoms in total. The van der Waals surface area contributed by atoms with E-state index in [1.807, 2.05) is 11.3 Å². The van der Waals surface area contributed by atoms with Crippen molar-refractivity contribution in [3.63, 3.8) is 0 Å². The van der Waals surface area contributed by atoms with Gasteiger partial charge in [0.1, 0.15) is 0 Å². The van der Waals surface area contributed by atoms with Crippen LogP contribution in [0, 0.1) is 0 Å². The lowest BCUT2D eigenvalue weighted by Gasteiger charge is -1.95. The molecule has 3 heteroatoms. The first-order valence-corrected chi connectivity index (χ1v) is 6.71. The molecule has 0 saturated heterocycles. The lowest BCUT2D eigenvalue weighted by molar-refractivity contribution is 0.837. The van der Waals surface area contributed by atoms with Gasteiger partial charge in [-0.25, -0.2) is 4.98 Å². The maximum absolute atomic E-state index is 4.73. The lowest BCUT2D eigenvalue weighted by atomic mass is 10.2. The summed E-state index contributed by atoms with van der Waals surface area (Å²) in [6.07, 6.45) is 2.70. The monoisotopic (exact) mass is 259 g/mol. The van der Waals surface area contributed by atoms with Crippen LogP contribution >= 0.6 is 27.3 Å². The molecule has 72 valence electrons. The van der Waals surface area contributed by atoms with Crippen LogP contribution < -0.4 is 0 Å². The number of hydrogen-bond donors (Lipinski definition) is 0. The van der Waals surface area contributed by atoms with Gasteiger partial charge in [0.25, 0.3) is 0 Å². The molecular formula is C10H14BrNS. The minimum absolute atomic E-state index is 0.579. The smallest absolute Gasteiger partial charge is 0.0956 e. The zero-order valence-electron chi connectivity index (χ0n) is 8.01. The van der Waals surface area contributed by atoms with Crippen LogP contribution in [0.3, 0.4) is 0 Å². The number of nitrogens with zero attached hydrogens (tertiary/aromatic N) is 1. The summed E-state index contributed by atoms with van der Waals surface area (Å²) in [6, 6.07) is 0. The fraction of sp³-hybridized carbons (Fsp3) is 0.700. The fourth-order valence-corrected chi connectivity index (χ4v) is 3.04. The van der Waals surface area contributed by atoms with E-state index in [9.17, 15) is 0 Å². The molecule has 0 spiro atoms. The van der Waals surface area contributed by atoms with Gasteiger partial charge in [-0.05, 0) is 12.8 Å². The summed E-state index contributed by atoms with van der Waals surface area (Å²) < 4.78 is 0. The zero-order valence-corrected chi connectivity index (χ0v) is 10.4. The Bertz CT molecular complexity index is 302. The summed E-state index contributed by atoms with van der Waals surface area (Å²) in [5.74, 6) is 1.37. The van der Waals surface area contributed by atoms with E-state index >= 15 is 0 Å². The van der Waals surface area contributed by atoms with E-state index in [0.29, 0.717) is 5.92 Å². The normalized spacial score (nSPS) is 16.9. The SMILES string of the molecule is CC(C)c1nc(C2CC2)c(CBr)s1. The van der Waals surface area contributed by atoms with Crippen molar-refractivity contribution in [3.05, 3.63) is 15.6 Å². The summed E-state index contributed by atoms with van der Waals surface area (Å²) in [5, 5.41) is 2.28. The van der Waals surface area contributed by atoms with Crippen molar-refractivity contribution in [1.82, 2.24) is 4.98 Å². The van der Waals surface area contributed by atoms with Gasteiger partial charge in [0.05, 0.1) is 10.7 Å². The molecule has 1 fully saturated rings. The van der Waals surface area contributed by atoms with E-state index < -0.39 is 0 Å². The maximum Gasteiger partial charge on any atom is 0.0956 e. The molecule has 1 aromatic rings. The highest BCUT2D eigenvalue weighted by Crippen LogP contribution is 2.44. The Labute approximate surface area is 91.7 Å². The van der Waals surface area contributed by atoms with E-state index in [1.54, 1.807) is 0 Å². The van der Waals surface area contributed by atoms with Crippen molar-refractivity contribution in [1.29, 1.82) is 0 Å². The van der Waals surface area contributed by atoms with Crippen molar-refractivity contribution in [2.75, 3.05) is 0 Å². The molecule has 0 bridgehead atoms. The Hall–Kier alpha value is 0.110. The summed E-state index contributed by atoms with van der Waals surface area (Å²) in [6.45, 7) is 4.43. The molecule has 0 amide bonds. The third kappa shape index (κ3) is 1.96. The second kappa shape index (κ2) is 3.70. The quantitative estimate of drug-likeness (QED) is 0.747. The van der Waals surface area contributed by atoms with Gasteiger partial charge >= 0.3 is 0 Å². The summed E-state index contributed by atoms with van der Waals surface area (Å²) in [4.78, 5) is 6.18. The Kier molecular flexibility index (Phi) is 2.75. The molecule has 0 aliphatic heterocycles. The molecule has 0 aromatic carbocycles. The first-order valence-electron chi connectivity index (χ1n) is 4.77. The molecule has 2 rings (SSSR count). The summed E-state index contributed by atoms with van der Waals surface area (Å²) >= 11 is 5.42. The van der Waals surface area contributed by atoms with E-state index in [0.717, 1.165) is 11.2 Å². The first-order chi connectivity index (χ1) is 6.22. The largest absolute Gasteiger partial charge is 0.245 e. The van der Waals surface area contributed by atoms with Crippen molar-refractivity contribution >= 4 is 27.3 Å². The fourth-order valence-electron chi connectivity index (χ4n) is 1.40. The van der Waals surface area contributed by atoms with E-state index in [-0.39, 0.29) is 0 Å². The topological polar surface area (TPSA) is 12.9 Å². The van der Waals surface area contributed by atoms with Crippen molar-refractivity contribution in [2.24, 2.45) is 0 Å². The van der Waals surface area contributed by atoms with Crippen LogP contribution in [0.25, 0.3) is 0 Å². The number of halogens is 1. The number of thiazole rings is 1. The lowest BCUT2D eigenvalue weighted by Crippen LogP contribution is -1.87. The predicted octanol–water partition coefficient (Wildman–Crippen LogP) is 4.04. The van der Waals surface area contributed by atoms with Gasteiger partial charge in [-0.3, -0.25) is 0 Å². The minimum atomic E-state index is 0.579. The molecule has 0 atom stereocenters. The van der Waals surface area contributed by atoms with Crippen LogP contribution in [-0.4, -0.2) is 4.98 Å². The van der Waals surface area contributed by atoms with Gasteiger partial charge < -0.3 is 0 Å². The maximum atomic E-state index is 4.73. The summed E-state index contributed by atoms with van der Waals surface area (Å²) in [5.41, 5.74) is 1.38. The minimum Gasteiger partial charge on any atom is -0.245 e. The van der Waals surface area contributed by atoms with E-state index in [2.05, 4.69) is 29.8 Å². The molecule has 0 N–H and O–H groups in total. The van der Waals surface area contributed by atoms with Crippen LogP contribution in [0.4, 0.5) is 0 Å². The summed E-state index contributed by atoms with van der Waals surface area (Å²) in [7, 11) is 0. The van der Waals surface area contributed by atoms with Crippen LogP contribution in [0.15, 0.2) is 0 Å². The van der Waals surface area contributed by atoms with Crippen molar-refractivity contribution in [2.45, 2.75) is 43.9 Å². The van der Waals surface area contributed by atoms with E-state index in [4.69, 9.17) is 4.98 Å². The van der Waals surface area contributed by atoms with Gasteiger partial charge in [-0.15, -0.1) is 11.3 Å². The highest BCUT2D eigenvalue weighted by Gasteiger charge is 2.29. The van der Waals surface area contributed by atoms with Gasteiger partial charge in [0.2, 0.25) is 0 Å². The zero-order chi connectivity index (χ0) is 9.42. The van der Waals surface area contributed by atoms with Gasteiger partial charge in [-0.1, -0.05) is 29.8 Å². The highest BCUT2D eigenvalue weighted by atomic mass is 79.9. The highest BCUT2D eigenvalue weighted by molar-refractivity contribution is 9.08.